The lowest BCUT2D eigenvalue weighted by atomic mass is 10.2. The molecule has 6 nitrogen and oxygen atoms in total. The number of anilines is 1. The number of carbonyl (C=O) groups is 1. The van der Waals surface area contributed by atoms with Gasteiger partial charge in [0.15, 0.2) is 18.1 Å². The number of hydrogen-bond donors (Lipinski definition) is 1. The molecule has 2 aromatic rings. The second kappa shape index (κ2) is 10.2. The van der Waals surface area contributed by atoms with Gasteiger partial charge in [-0.15, -0.1) is 0 Å². The Labute approximate surface area is 168 Å². The van der Waals surface area contributed by atoms with Crippen LogP contribution in [0.2, 0.25) is 0 Å². The molecule has 0 radical (unpaired) electrons. The summed E-state index contributed by atoms with van der Waals surface area (Å²) in [6.07, 6.45) is 1.66. The van der Waals surface area contributed by atoms with Crippen LogP contribution >= 0.6 is 31.9 Å². The molecule has 0 aliphatic rings. The van der Waals surface area contributed by atoms with Gasteiger partial charge in [-0.25, -0.2) is 4.79 Å². The summed E-state index contributed by atoms with van der Waals surface area (Å²) in [5.41, 5.74) is 4.60. The topological polar surface area (TPSA) is 69.1 Å². The van der Waals surface area contributed by atoms with Crippen LogP contribution in [0, 0.1) is 0 Å². The van der Waals surface area contributed by atoms with Crippen molar-refractivity contribution < 1.29 is 19.0 Å². The quantitative estimate of drug-likeness (QED) is 0.336. The van der Waals surface area contributed by atoms with Gasteiger partial charge in [0.1, 0.15) is 0 Å². The smallest absolute Gasteiger partial charge is 0.343 e. The highest BCUT2D eigenvalue weighted by Gasteiger charge is 2.18. The zero-order valence-electron chi connectivity index (χ0n) is 14.3. The van der Waals surface area contributed by atoms with E-state index in [0.29, 0.717) is 22.6 Å². The van der Waals surface area contributed by atoms with E-state index < -0.39 is 5.97 Å². The fraction of sp³-hybridized carbons (Fsp3) is 0.222. The summed E-state index contributed by atoms with van der Waals surface area (Å²) in [6.45, 7) is 2.09. The van der Waals surface area contributed by atoms with Gasteiger partial charge in [-0.05, 0) is 57.0 Å². The summed E-state index contributed by atoms with van der Waals surface area (Å²) in [4.78, 5) is 11.3. The monoisotopic (exact) mass is 484 g/mol. The lowest BCUT2D eigenvalue weighted by molar-refractivity contribution is -0.142. The first-order chi connectivity index (χ1) is 12.6. The Hall–Kier alpha value is -2.06. The molecule has 0 aliphatic carbocycles. The average molecular weight is 486 g/mol. The molecule has 26 heavy (non-hydrogen) atoms. The van der Waals surface area contributed by atoms with Crippen LogP contribution in [0.1, 0.15) is 12.5 Å². The first kappa shape index (κ1) is 20.3. The number of para-hydroxylation sites is 1. The maximum atomic E-state index is 11.3. The SMILES string of the molecule is CCOc1cc(C=NNc2ccccc2)c(Br)c(Br)c1OCC(=O)OC. The van der Waals surface area contributed by atoms with Gasteiger partial charge in [-0.2, -0.15) is 5.10 Å². The third-order valence-corrected chi connectivity index (χ3v) is 5.33. The molecule has 0 bridgehead atoms. The zero-order valence-corrected chi connectivity index (χ0v) is 17.5. The second-order valence-corrected chi connectivity index (χ2v) is 6.54. The molecule has 1 N–H and O–H groups in total. The van der Waals surface area contributed by atoms with Crippen LogP contribution in [0.25, 0.3) is 0 Å². The Kier molecular flexibility index (Phi) is 7.93. The van der Waals surface area contributed by atoms with Crippen LogP contribution in [0.5, 0.6) is 11.5 Å². The summed E-state index contributed by atoms with van der Waals surface area (Å²) < 4.78 is 17.1. The number of esters is 1. The van der Waals surface area contributed by atoms with E-state index in [-0.39, 0.29) is 6.61 Å². The minimum Gasteiger partial charge on any atom is -0.490 e. The first-order valence-corrected chi connectivity index (χ1v) is 9.34. The highest BCUT2D eigenvalue weighted by molar-refractivity contribution is 9.13. The molecule has 0 heterocycles. The average Bonchev–Trinajstić information content (AvgIpc) is 2.66. The minimum atomic E-state index is -0.479. The van der Waals surface area contributed by atoms with Crippen molar-refractivity contribution in [1.82, 2.24) is 0 Å². The van der Waals surface area contributed by atoms with E-state index in [2.05, 4.69) is 47.1 Å². The molecule has 0 spiro atoms. The van der Waals surface area contributed by atoms with Gasteiger partial charge < -0.3 is 14.2 Å². The summed E-state index contributed by atoms with van der Waals surface area (Å²) in [5, 5.41) is 4.24. The Balaban J connectivity index is 2.25. The van der Waals surface area contributed by atoms with E-state index in [4.69, 9.17) is 9.47 Å². The number of ether oxygens (including phenoxy) is 3. The van der Waals surface area contributed by atoms with E-state index in [1.165, 1.54) is 7.11 Å². The van der Waals surface area contributed by atoms with Crippen LogP contribution in [0.3, 0.4) is 0 Å². The standard InChI is InChI=1S/C18H18Br2N2O4/c1-3-25-14-9-12(10-21-22-13-7-5-4-6-8-13)16(19)17(20)18(14)26-11-15(23)24-2/h4-10,22H,3,11H2,1-2H3. The lowest BCUT2D eigenvalue weighted by Gasteiger charge is -2.15. The van der Waals surface area contributed by atoms with Crippen molar-refractivity contribution in [2.75, 3.05) is 25.7 Å². The third kappa shape index (κ3) is 5.47. The number of carbonyl (C=O) groups excluding carboxylic acids is 1. The maximum absolute atomic E-state index is 11.3. The molecule has 0 fully saturated rings. The summed E-state index contributed by atoms with van der Waals surface area (Å²) in [5.74, 6) is 0.429. The number of hydrazone groups is 1. The Morgan fingerprint density at radius 3 is 2.58 bits per heavy atom. The Morgan fingerprint density at radius 2 is 1.92 bits per heavy atom. The van der Waals surface area contributed by atoms with E-state index in [9.17, 15) is 4.79 Å². The van der Waals surface area contributed by atoms with Gasteiger partial charge in [0.25, 0.3) is 0 Å². The summed E-state index contributed by atoms with van der Waals surface area (Å²) >= 11 is 6.98. The molecule has 0 saturated carbocycles. The third-order valence-electron chi connectivity index (χ3n) is 3.19. The number of halogens is 2. The van der Waals surface area contributed by atoms with Gasteiger partial charge in [-0.3, -0.25) is 5.43 Å². The minimum absolute atomic E-state index is 0.218. The molecule has 0 atom stereocenters. The largest absolute Gasteiger partial charge is 0.490 e. The fourth-order valence-corrected chi connectivity index (χ4v) is 2.91. The van der Waals surface area contributed by atoms with Gasteiger partial charge in [-0.1, -0.05) is 18.2 Å². The molecular formula is C18H18Br2N2O4. The number of hydrogen-bond acceptors (Lipinski definition) is 6. The van der Waals surface area contributed by atoms with Gasteiger partial charge in [0.05, 0.1) is 30.1 Å². The predicted molar refractivity (Wildman–Crippen MR) is 108 cm³/mol. The Bertz CT molecular complexity index is 783. The summed E-state index contributed by atoms with van der Waals surface area (Å²) in [6, 6.07) is 11.4. The number of methoxy groups -OCH3 is 1. The Morgan fingerprint density at radius 1 is 1.19 bits per heavy atom. The highest BCUT2D eigenvalue weighted by atomic mass is 79.9. The van der Waals surface area contributed by atoms with Crippen molar-refractivity contribution in [2.45, 2.75) is 6.92 Å². The first-order valence-electron chi connectivity index (χ1n) is 7.75. The lowest BCUT2D eigenvalue weighted by Crippen LogP contribution is -2.13. The van der Waals surface area contributed by atoms with Crippen LogP contribution in [-0.2, 0) is 9.53 Å². The van der Waals surface area contributed by atoms with E-state index in [1.54, 1.807) is 12.3 Å². The van der Waals surface area contributed by atoms with Crippen molar-refractivity contribution in [3.05, 3.63) is 50.9 Å². The molecular weight excluding hydrogens is 468 g/mol. The fourth-order valence-electron chi connectivity index (χ4n) is 1.97. The van der Waals surface area contributed by atoms with Gasteiger partial charge >= 0.3 is 5.97 Å². The molecule has 0 unspecified atom stereocenters. The van der Waals surface area contributed by atoms with Crippen LogP contribution in [-0.4, -0.2) is 32.5 Å². The molecule has 0 aromatic heterocycles. The number of nitrogens with zero attached hydrogens (tertiary/aromatic N) is 1. The molecule has 8 heteroatoms. The van der Waals surface area contributed by atoms with Crippen molar-refractivity contribution in [2.24, 2.45) is 5.10 Å². The molecule has 0 aliphatic heterocycles. The van der Waals surface area contributed by atoms with E-state index in [1.807, 2.05) is 37.3 Å². The normalized spacial score (nSPS) is 10.6. The van der Waals surface area contributed by atoms with E-state index >= 15 is 0 Å². The van der Waals surface area contributed by atoms with Crippen molar-refractivity contribution in [3.63, 3.8) is 0 Å². The van der Waals surface area contributed by atoms with Crippen molar-refractivity contribution in [3.8, 4) is 11.5 Å². The number of rotatable bonds is 8. The van der Waals surface area contributed by atoms with Crippen LogP contribution < -0.4 is 14.9 Å². The highest BCUT2D eigenvalue weighted by Crippen LogP contribution is 2.42. The summed E-state index contributed by atoms with van der Waals surface area (Å²) in [7, 11) is 1.30. The van der Waals surface area contributed by atoms with Crippen LogP contribution in [0.4, 0.5) is 5.69 Å². The molecule has 0 saturated heterocycles. The second-order valence-electron chi connectivity index (χ2n) is 4.95. The van der Waals surface area contributed by atoms with Gasteiger partial charge in [0.2, 0.25) is 0 Å². The van der Waals surface area contributed by atoms with Crippen molar-refractivity contribution in [1.29, 1.82) is 0 Å². The number of nitrogens with one attached hydrogen (secondary N) is 1. The molecule has 138 valence electrons. The zero-order chi connectivity index (χ0) is 18.9. The van der Waals surface area contributed by atoms with Gasteiger partial charge in [0, 0.05) is 10.0 Å². The molecule has 0 amide bonds. The van der Waals surface area contributed by atoms with Crippen LogP contribution in [0.15, 0.2) is 50.4 Å². The molecule has 2 rings (SSSR count). The van der Waals surface area contributed by atoms with Crippen molar-refractivity contribution >= 4 is 49.7 Å². The molecule has 2 aromatic carbocycles. The predicted octanol–water partition coefficient (Wildman–Crippen LogP) is 4.61. The number of benzene rings is 2. The van der Waals surface area contributed by atoms with E-state index in [0.717, 1.165) is 15.7 Å². The maximum Gasteiger partial charge on any atom is 0.343 e.